The van der Waals surface area contributed by atoms with E-state index in [9.17, 15) is 23.2 Å². The number of hydrogen-bond donors (Lipinski definition) is 1. The summed E-state index contributed by atoms with van der Waals surface area (Å²) in [5.41, 5.74) is -1.09. The van der Waals surface area contributed by atoms with Gasteiger partial charge in [0.25, 0.3) is 0 Å². The number of halogens is 3. The fraction of sp³-hybridized carbons (Fsp3) is 0.654. The number of H-pyrrole nitrogens is 1. The predicted molar refractivity (Wildman–Crippen MR) is 126 cm³/mol. The number of ether oxygens (including phenoxy) is 1. The molecule has 2 aromatic rings. The minimum atomic E-state index is -4.61. The Morgan fingerprint density at radius 3 is 2.45 bits per heavy atom. The average Bonchev–Trinajstić information content (AvgIpc) is 3.38. The Morgan fingerprint density at radius 1 is 1.08 bits per heavy atom. The van der Waals surface area contributed by atoms with E-state index >= 15 is 0 Å². The number of aromatic nitrogens is 4. The molecule has 2 aromatic heterocycles. The average molecular weight is 528 g/mol. The smallest absolute Gasteiger partial charge is 0.433 e. The van der Waals surface area contributed by atoms with Crippen molar-refractivity contribution in [3.05, 3.63) is 35.2 Å². The van der Waals surface area contributed by atoms with Crippen molar-refractivity contribution in [1.82, 2.24) is 30.0 Å². The Balaban J connectivity index is 0.882. The van der Waals surface area contributed by atoms with Crippen molar-refractivity contribution in [2.75, 3.05) is 26.2 Å². The number of nitrogens with zero attached hydrogens (tertiary/aromatic N) is 6. The molecule has 2 amide bonds. The summed E-state index contributed by atoms with van der Waals surface area (Å²) in [5.74, 6) is 2.99. The molecule has 7 rings (SSSR count). The molecule has 1 N–H and O–H groups in total. The lowest BCUT2D eigenvalue weighted by Gasteiger charge is -2.60. The first-order valence-corrected chi connectivity index (χ1v) is 13.2. The molecular weight excluding hydrogens is 499 g/mol. The normalized spacial score (nSPS) is 25.6. The van der Waals surface area contributed by atoms with Crippen LogP contribution in [0.3, 0.4) is 0 Å². The largest absolute Gasteiger partial charge is 0.487 e. The molecule has 9 nitrogen and oxygen atoms in total. The lowest BCUT2D eigenvalue weighted by atomic mass is 9.57. The van der Waals surface area contributed by atoms with E-state index in [2.05, 4.69) is 20.2 Å². The lowest BCUT2D eigenvalue weighted by Crippen LogP contribution is -2.69. The van der Waals surface area contributed by atoms with Crippen LogP contribution in [0.5, 0.6) is 5.75 Å². The summed E-state index contributed by atoms with van der Waals surface area (Å²) < 4.78 is 44.6. The number of alkyl halides is 3. The van der Waals surface area contributed by atoms with E-state index < -0.39 is 11.9 Å². The number of carbonyl (C=O) groups is 1. The molecule has 38 heavy (non-hydrogen) atoms. The van der Waals surface area contributed by atoms with Gasteiger partial charge in [0.1, 0.15) is 17.6 Å². The van der Waals surface area contributed by atoms with Crippen LogP contribution in [0.15, 0.2) is 12.3 Å². The van der Waals surface area contributed by atoms with Crippen molar-refractivity contribution in [2.45, 2.75) is 69.1 Å². The third kappa shape index (κ3) is 3.98. The van der Waals surface area contributed by atoms with Crippen LogP contribution in [0.4, 0.5) is 18.0 Å². The highest BCUT2D eigenvalue weighted by Gasteiger charge is 2.58. The van der Waals surface area contributed by atoms with Crippen LogP contribution in [-0.2, 0) is 6.18 Å². The van der Waals surface area contributed by atoms with Gasteiger partial charge in [-0.3, -0.25) is 5.10 Å². The molecular formula is C26H28F3N7O2. The first-order chi connectivity index (χ1) is 18.1. The van der Waals surface area contributed by atoms with Gasteiger partial charge >= 0.3 is 12.2 Å². The van der Waals surface area contributed by atoms with Gasteiger partial charge in [-0.25, -0.2) is 14.8 Å². The molecule has 1 unspecified atom stereocenters. The maximum atomic E-state index is 13.0. The molecule has 2 saturated heterocycles. The molecule has 0 bridgehead atoms. The monoisotopic (exact) mass is 527 g/mol. The predicted octanol–water partition coefficient (Wildman–Crippen LogP) is 4.20. The summed E-state index contributed by atoms with van der Waals surface area (Å²) in [6.45, 7) is 2.90. The Labute approximate surface area is 217 Å². The molecule has 3 saturated carbocycles. The third-order valence-electron chi connectivity index (χ3n) is 9.08. The van der Waals surface area contributed by atoms with Gasteiger partial charge in [0.2, 0.25) is 0 Å². The zero-order valence-electron chi connectivity index (χ0n) is 20.8. The van der Waals surface area contributed by atoms with Crippen LogP contribution in [0, 0.1) is 22.2 Å². The van der Waals surface area contributed by atoms with Crippen molar-refractivity contribution < 1.29 is 22.7 Å². The first kappa shape index (κ1) is 23.7. The molecule has 200 valence electrons. The molecule has 2 aliphatic heterocycles. The fourth-order valence-electron chi connectivity index (χ4n) is 6.93. The Morgan fingerprint density at radius 2 is 1.79 bits per heavy atom. The van der Waals surface area contributed by atoms with Gasteiger partial charge in [-0.1, -0.05) is 0 Å². The molecule has 5 fully saturated rings. The van der Waals surface area contributed by atoms with Gasteiger partial charge in [0, 0.05) is 48.8 Å². The SMILES string of the molecule is N#Cc1cc(C(F)(F)F)ncc1OC1CCC2(C1)CN(C(=O)N1CC3(CC(c4n[nH]c(C5CC5)n4)C3)C1)C2. The van der Waals surface area contributed by atoms with Crippen molar-refractivity contribution in [2.24, 2.45) is 10.8 Å². The van der Waals surface area contributed by atoms with E-state index in [4.69, 9.17) is 4.74 Å². The molecule has 0 radical (unpaired) electrons. The van der Waals surface area contributed by atoms with Crippen LogP contribution in [-0.4, -0.2) is 68.3 Å². The van der Waals surface area contributed by atoms with E-state index in [0.717, 1.165) is 62.7 Å². The van der Waals surface area contributed by atoms with E-state index in [-0.39, 0.29) is 34.3 Å². The van der Waals surface area contributed by atoms with Crippen LogP contribution in [0.25, 0.3) is 0 Å². The highest BCUT2D eigenvalue weighted by Crippen LogP contribution is 2.56. The molecule has 0 aromatic carbocycles. The molecule has 5 aliphatic rings. The number of rotatable bonds is 4. The third-order valence-corrected chi connectivity index (χ3v) is 9.08. The fourth-order valence-corrected chi connectivity index (χ4v) is 6.93. The number of amides is 2. The van der Waals surface area contributed by atoms with Gasteiger partial charge in [-0.2, -0.15) is 23.5 Å². The van der Waals surface area contributed by atoms with E-state index in [1.165, 1.54) is 12.8 Å². The summed E-state index contributed by atoms with van der Waals surface area (Å²) in [5, 5.41) is 16.8. The summed E-state index contributed by atoms with van der Waals surface area (Å²) >= 11 is 0. The minimum Gasteiger partial charge on any atom is -0.487 e. The van der Waals surface area contributed by atoms with Crippen LogP contribution in [0.1, 0.15) is 79.7 Å². The second-order valence-corrected chi connectivity index (χ2v) is 12.1. The minimum absolute atomic E-state index is 0.0263. The Bertz CT molecular complexity index is 1310. The molecule has 1 atom stereocenters. The summed E-state index contributed by atoms with van der Waals surface area (Å²) in [6, 6.07) is 2.59. The number of urea groups is 1. The van der Waals surface area contributed by atoms with Gasteiger partial charge in [-0.15, -0.1) is 0 Å². The van der Waals surface area contributed by atoms with Crippen LogP contribution >= 0.6 is 0 Å². The summed E-state index contributed by atoms with van der Waals surface area (Å²) in [7, 11) is 0. The topological polar surface area (TPSA) is 111 Å². The molecule has 12 heteroatoms. The first-order valence-electron chi connectivity index (χ1n) is 13.2. The maximum absolute atomic E-state index is 13.0. The summed E-state index contributed by atoms with van der Waals surface area (Å²) in [4.78, 5) is 25.0. The number of pyridine rings is 1. The van der Waals surface area contributed by atoms with Gasteiger partial charge in [0.05, 0.1) is 17.9 Å². The van der Waals surface area contributed by atoms with Crippen molar-refractivity contribution >= 4 is 6.03 Å². The second-order valence-electron chi connectivity index (χ2n) is 12.1. The van der Waals surface area contributed by atoms with Gasteiger partial charge in [0.15, 0.2) is 11.6 Å². The van der Waals surface area contributed by atoms with Crippen LogP contribution in [0.2, 0.25) is 0 Å². The number of hydrogen-bond acceptors (Lipinski definition) is 6. The van der Waals surface area contributed by atoms with Gasteiger partial charge < -0.3 is 14.5 Å². The van der Waals surface area contributed by atoms with E-state index in [1.807, 2.05) is 9.80 Å². The number of nitrogens with one attached hydrogen (secondary N) is 1. The van der Waals surface area contributed by atoms with E-state index in [1.54, 1.807) is 6.07 Å². The molecule has 2 spiro atoms. The van der Waals surface area contributed by atoms with E-state index in [0.29, 0.717) is 31.3 Å². The second kappa shape index (κ2) is 8.07. The molecule has 4 heterocycles. The molecule has 3 aliphatic carbocycles. The van der Waals surface area contributed by atoms with Crippen molar-refractivity contribution in [3.63, 3.8) is 0 Å². The highest BCUT2D eigenvalue weighted by molar-refractivity contribution is 5.77. The number of nitriles is 1. The standard InChI is InChI=1S/C26H28F3N7O2/c27-26(28,29)20-5-16(9-30)19(10-31-20)38-18-3-4-24(8-18)11-35(12-24)23(37)36-13-25(14-36)6-17(7-25)22-32-21(33-34-22)15-1-2-15/h5,10,15,17-18H,1-4,6-8,11-14H2,(H,32,33,34). The lowest BCUT2D eigenvalue weighted by molar-refractivity contribution is -0.141. The summed E-state index contributed by atoms with van der Waals surface area (Å²) in [6.07, 6.45) is 2.93. The van der Waals surface area contributed by atoms with Gasteiger partial charge in [-0.05, 0) is 51.0 Å². The zero-order chi connectivity index (χ0) is 26.3. The quantitative estimate of drug-likeness (QED) is 0.638. The van der Waals surface area contributed by atoms with Crippen LogP contribution < -0.4 is 4.74 Å². The number of likely N-dealkylation sites (tertiary alicyclic amines) is 2. The maximum Gasteiger partial charge on any atom is 0.433 e. The zero-order valence-corrected chi connectivity index (χ0v) is 20.8. The number of aromatic amines is 1. The van der Waals surface area contributed by atoms with Crippen molar-refractivity contribution in [1.29, 1.82) is 5.26 Å². The Hall–Kier alpha value is -3.36. The Kier molecular flexibility index (Phi) is 5.04. The van der Waals surface area contributed by atoms with Crippen molar-refractivity contribution in [3.8, 4) is 11.8 Å². The highest BCUT2D eigenvalue weighted by atomic mass is 19.4. The number of carbonyl (C=O) groups excluding carboxylic acids is 1.